The zero-order chi connectivity index (χ0) is 80.7. The van der Waals surface area contributed by atoms with Crippen molar-refractivity contribution in [1.82, 2.24) is 49.1 Å². The van der Waals surface area contributed by atoms with Crippen LogP contribution in [0.1, 0.15) is 88.1 Å². The van der Waals surface area contributed by atoms with Crippen molar-refractivity contribution in [2.45, 2.75) is 184 Å². The monoisotopic (exact) mass is 1770 g/mol. The molecule has 0 atom stereocenters. The standard InChI is InChI=1S/C40H61BrN6O7Si2.C39H60BrN7O7Si2.Na.H/c1-49-18-19-54-40(35(48)26-53-29-50-2)15-13-30(14-16-40)37-36(41)39(46(27-51-20-22-55(3,4)5)28-52-21-23-56(6,7)8)47-38(45-37)32(25-44-47)31-11-12-34(43-24-31)33-10-9-17-42-33;1-49-17-18-54-39(33(48)25-53-28-50-2)13-11-29(12-14-39)35-34(40)38(46(26-51-19-21-55(3,4)5)27-52-20-22-56(6,7)8)47-37(45-35)31(24-44-47)30-9-10-32(43-23-30)36-41-15-16-42-36;;/h9,11-12,17,24-25,30H,10,13-16,18-23,26-29H2,1-8H3;9-10,15-16,23-24,29H,11-14,17-22,25-28H2,1-8H3,(H,41,42);;/q;;+1;-1. The molecule has 0 radical (unpaired) electrons. The number of aromatic nitrogens is 10. The normalized spacial score (nSPS) is 18.2. The van der Waals surface area contributed by atoms with E-state index in [0.717, 1.165) is 102 Å². The third-order valence-electron chi connectivity index (χ3n) is 20.2. The maximum absolute atomic E-state index is 13.6. The number of fused-ring (bicyclic) bond motifs is 2. The van der Waals surface area contributed by atoms with E-state index >= 15 is 0 Å². The molecule has 10 rings (SSSR count). The van der Waals surface area contributed by atoms with Crippen molar-refractivity contribution in [3.05, 3.63) is 99.7 Å². The first-order valence-corrected chi connectivity index (χ1v) is 55.5. The minimum atomic E-state index is -1.32. The van der Waals surface area contributed by atoms with Gasteiger partial charge >= 0.3 is 29.6 Å². The third kappa shape index (κ3) is 27.2. The summed E-state index contributed by atoms with van der Waals surface area (Å²) >= 11 is 8.08. The van der Waals surface area contributed by atoms with Crippen LogP contribution in [0.3, 0.4) is 0 Å². The number of pyridine rings is 2. The van der Waals surface area contributed by atoms with E-state index in [1.807, 2.05) is 64.3 Å². The molecule has 7 aromatic heterocycles. The van der Waals surface area contributed by atoms with Gasteiger partial charge in [0, 0.05) is 159 Å². The number of hydrogen-bond donors (Lipinski definition) is 1. The summed E-state index contributed by atoms with van der Waals surface area (Å²) < 4.78 is 75.3. The SMILES string of the molecule is COCCOC1(C(=O)COCOC)CCC(c2nc3c(-c4ccc(-c5ncc[nH]5)nc4)cnn3c(N(COCC[Si](C)(C)C)COCC[Si](C)(C)C)c2Br)CC1.COCCOC1(C(=O)COCOC)CCC(c2nc3c(-c4ccc(C5=NC=CC5)nc4)cnn3c(N(COCC[Si](C)(C)C)COCC[Si](C)(C)C)c2Br)CC1.[H-].[Na+]. The number of imidazole rings is 1. The summed E-state index contributed by atoms with van der Waals surface area (Å²) in [6, 6.07) is 12.2. The second kappa shape index (κ2) is 44.5. The smallest absolute Gasteiger partial charge is 1.00 e. The molecule has 0 saturated heterocycles. The van der Waals surface area contributed by atoms with Gasteiger partial charge in [0.25, 0.3) is 0 Å². The van der Waals surface area contributed by atoms with E-state index in [-0.39, 0.29) is 81.2 Å². The van der Waals surface area contributed by atoms with Crippen LogP contribution in [0.4, 0.5) is 11.6 Å². The number of nitrogens with one attached hydrogen (secondary N) is 1. The average Bonchev–Trinajstić information content (AvgIpc) is 1.59. The summed E-state index contributed by atoms with van der Waals surface area (Å²) in [5.74, 6) is 2.18. The molecular weight excluding hydrogens is 1650 g/mol. The quantitative estimate of drug-likeness (QED) is 0.0211. The number of halogens is 2. The summed E-state index contributed by atoms with van der Waals surface area (Å²) in [5.41, 5.74) is 7.26. The third-order valence-corrected chi connectivity index (χ3v) is 28.5. The molecule has 3 aliphatic rings. The molecule has 34 heteroatoms. The number of Topliss-reactive ketones (excluding diaryl/α,β-unsaturated/α-hetero) is 2. The molecule has 113 heavy (non-hydrogen) atoms. The second-order valence-electron chi connectivity index (χ2n) is 33.9. The number of ketones is 2. The minimum Gasteiger partial charge on any atom is -1.00 e. The van der Waals surface area contributed by atoms with Crippen molar-refractivity contribution in [2.24, 2.45) is 4.99 Å². The molecule has 0 spiro atoms. The first-order valence-electron chi connectivity index (χ1n) is 39.1. The predicted molar refractivity (Wildman–Crippen MR) is 457 cm³/mol. The van der Waals surface area contributed by atoms with Gasteiger partial charge in [-0.3, -0.25) is 24.5 Å². The fourth-order valence-corrected chi connectivity index (χ4v) is 18.1. The van der Waals surface area contributed by atoms with Gasteiger partial charge in [0.1, 0.15) is 70.6 Å². The van der Waals surface area contributed by atoms with Gasteiger partial charge in [0.05, 0.1) is 70.6 Å². The number of nitrogens with zero attached hydrogens (tertiary/aromatic N) is 12. The number of rotatable bonds is 46. The number of aromatic amines is 1. The zero-order valence-corrected chi connectivity index (χ0v) is 79.1. The van der Waals surface area contributed by atoms with Crippen molar-refractivity contribution < 1.29 is 97.4 Å². The van der Waals surface area contributed by atoms with Gasteiger partial charge in [-0.15, -0.1) is 0 Å². The number of anilines is 2. The van der Waals surface area contributed by atoms with Crippen LogP contribution < -0.4 is 39.4 Å². The molecular formula is C79H122Br2N13NaO14Si4. The number of H-pyrrole nitrogens is 1. The largest absolute Gasteiger partial charge is 1.00 e. The van der Waals surface area contributed by atoms with Crippen molar-refractivity contribution in [3.8, 4) is 33.8 Å². The summed E-state index contributed by atoms with van der Waals surface area (Å²) in [6.45, 7) is 33.5. The Kier molecular flexibility index (Phi) is 37.0. The molecule has 27 nitrogen and oxygen atoms in total. The molecule has 2 saturated carbocycles. The predicted octanol–water partition coefficient (Wildman–Crippen LogP) is 12.7. The van der Waals surface area contributed by atoms with Crippen LogP contribution in [0.15, 0.2) is 87.7 Å². The van der Waals surface area contributed by atoms with Crippen LogP contribution in [0, 0.1) is 0 Å². The molecule has 618 valence electrons. The Morgan fingerprint density at radius 2 is 0.920 bits per heavy atom. The van der Waals surface area contributed by atoms with Crippen LogP contribution in [-0.4, -0.2) is 245 Å². The van der Waals surface area contributed by atoms with Crippen LogP contribution in [0.25, 0.3) is 45.1 Å². The second-order valence-corrected chi connectivity index (χ2v) is 57.9. The molecule has 0 amide bonds. The maximum atomic E-state index is 13.6. The Hall–Kier alpha value is -4.55. The fraction of sp³-hybridized carbons (Fsp3) is 0.620. The maximum Gasteiger partial charge on any atom is 1.00 e. The molecule has 8 heterocycles. The van der Waals surface area contributed by atoms with E-state index in [1.165, 1.54) is 14.2 Å². The number of carbonyl (C=O) groups is 2. The molecule has 7 aromatic rings. The average molecular weight is 1770 g/mol. The summed E-state index contributed by atoms with van der Waals surface area (Å²) in [5, 5.41) is 9.88. The van der Waals surface area contributed by atoms with Crippen LogP contribution in [0.2, 0.25) is 103 Å². The molecule has 0 aromatic carbocycles. The Morgan fingerprint density at radius 3 is 1.25 bits per heavy atom. The molecule has 0 unspecified atom stereocenters. The van der Waals surface area contributed by atoms with E-state index in [1.54, 1.807) is 26.6 Å². The van der Waals surface area contributed by atoms with E-state index in [0.29, 0.717) is 148 Å². The Labute approximate surface area is 712 Å². The van der Waals surface area contributed by atoms with Gasteiger partial charge in [0.2, 0.25) is 0 Å². The Bertz CT molecular complexity index is 4130. The fourth-order valence-electron chi connectivity index (χ4n) is 13.4. The first kappa shape index (κ1) is 93.9. The van der Waals surface area contributed by atoms with Gasteiger partial charge in [-0.2, -0.15) is 19.2 Å². The molecule has 0 bridgehead atoms. The Balaban J connectivity index is 0.000000310. The van der Waals surface area contributed by atoms with E-state index in [4.69, 9.17) is 87.0 Å². The van der Waals surface area contributed by atoms with E-state index in [2.05, 4.69) is 141 Å². The number of hydrogen-bond acceptors (Lipinski definition) is 24. The van der Waals surface area contributed by atoms with Crippen molar-refractivity contribution in [1.29, 1.82) is 0 Å². The van der Waals surface area contributed by atoms with Gasteiger partial charge in [-0.1, -0.05) is 96.8 Å². The van der Waals surface area contributed by atoms with Gasteiger partial charge in [-0.05, 0) is 120 Å². The van der Waals surface area contributed by atoms with Crippen molar-refractivity contribution >= 4 is 104 Å². The summed E-state index contributed by atoms with van der Waals surface area (Å²) in [4.78, 5) is 63.7. The minimum absolute atomic E-state index is 0. The zero-order valence-electron chi connectivity index (χ0n) is 70.9. The van der Waals surface area contributed by atoms with Crippen LogP contribution >= 0.6 is 31.9 Å². The molecule has 2 fully saturated rings. The molecule has 1 N–H and O–H groups in total. The number of methoxy groups -OCH3 is 4. The van der Waals surface area contributed by atoms with Gasteiger partial charge in [-0.25, -0.2) is 15.0 Å². The van der Waals surface area contributed by atoms with Gasteiger partial charge in [0.15, 0.2) is 40.3 Å². The number of aliphatic imine (C=N–C) groups is 1. The summed E-state index contributed by atoms with van der Waals surface area (Å²) in [6.07, 6.45) is 20.3. The first-order chi connectivity index (χ1) is 53.5. The van der Waals surface area contributed by atoms with Crippen LogP contribution in [0.5, 0.6) is 0 Å². The Morgan fingerprint density at radius 1 is 0.522 bits per heavy atom. The summed E-state index contributed by atoms with van der Waals surface area (Å²) in [7, 11) is 1.07. The molecule has 1 aliphatic heterocycles. The van der Waals surface area contributed by atoms with Crippen molar-refractivity contribution in [3.63, 3.8) is 0 Å². The number of allylic oxidation sites excluding steroid dienone is 1. The van der Waals surface area contributed by atoms with Gasteiger partial charge < -0.3 is 73.1 Å². The number of carbonyl (C=O) groups excluding carboxylic acids is 2. The van der Waals surface area contributed by atoms with E-state index < -0.39 is 43.5 Å². The molecule has 2 aliphatic carbocycles. The van der Waals surface area contributed by atoms with E-state index in [9.17, 15) is 9.59 Å². The number of ether oxygens (including phenoxy) is 12. The van der Waals surface area contributed by atoms with Crippen molar-refractivity contribution in [2.75, 3.05) is 145 Å². The van der Waals surface area contributed by atoms with Crippen LogP contribution in [-0.2, 0) is 66.4 Å². The topological polar surface area (TPSA) is 279 Å².